The van der Waals surface area contributed by atoms with E-state index in [1.807, 2.05) is 0 Å². The van der Waals surface area contributed by atoms with Gasteiger partial charge in [-0.3, -0.25) is 4.79 Å². The molecule has 1 fully saturated rings. The Hall–Kier alpha value is -2.09. The van der Waals surface area contributed by atoms with E-state index in [0.717, 1.165) is 23.1 Å². The number of amides is 1. The molecule has 1 aromatic carbocycles. The van der Waals surface area contributed by atoms with Crippen LogP contribution in [0.1, 0.15) is 5.56 Å². The van der Waals surface area contributed by atoms with E-state index in [4.69, 9.17) is 9.84 Å². The van der Waals surface area contributed by atoms with Crippen molar-refractivity contribution in [2.45, 2.75) is 12.3 Å². The summed E-state index contributed by atoms with van der Waals surface area (Å²) in [6, 6.07) is 4.17. The minimum absolute atomic E-state index is 0.000579. The Morgan fingerprint density at radius 3 is 2.70 bits per heavy atom. The van der Waals surface area contributed by atoms with Gasteiger partial charge in [0.2, 0.25) is 0 Å². The van der Waals surface area contributed by atoms with Crippen LogP contribution in [0.2, 0.25) is 0 Å². The molecule has 2 rings (SSSR count). The predicted octanol–water partition coefficient (Wildman–Crippen LogP) is 1.52. The Balaban J connectivity index is 2.29. The summed E-state index contributed by atoms with van der Waals surface area (Å²) in [5.41, 5.74) is -0.902. The molecule has 1 saturated heterocycles. The summed E-state index contributed by atoms with van der Waals surface area (Å²) in [4.78, 5) is 23.5. The molecule has 1 N–H and O–H groups in total. The van der Waals surface area contributed by atoms with Crippen LogP contribution in [0.25, 0.3) is 0 Å². The van der Waals surface area contributed by atoms with Gasteiger partial charge in [-0.1, -0.05) is 6.07 Å². The molecule has 0 bridgehead atoms. The molecule has 5 nitrogen and oxygen atoms in total. The zero-order valence-corrected chi connectivity index (χ0v) is 10.1. The molecule has 8 heteroatoms. The Morgan fingerprint density at radius 1 is 1.40 bits per heavy atom. The Morgan fingerprint density at radius 2 is 2.10 bits per heavy atom. The molecule has 20 heavy (non-hydrogen) atoms. The minimum Gasteiger partial charge on any atom is -0.479 e. The van der Waals surface area contributed by atoms with Crippen molar-refractivity contribution < 1.29 is 32.6 Å². The lowest BCUT2D eigenvalue weighted by atomic mass is 10.1. The second-order valence-electron chi connectivity index (χ2n) is 4.19. The lowest BCUT2D eigenvalue weighted by Gasteiger charge is -2.31. The van der Waals surface area contributed by atoms with Gasteiger partial charge in [-0.2, -0.15) is 13.2 Å². The molecule has 0 spiro atoms. The Bertz CT molecular complexity index is 544. The van der Waals surface area contributed by atoms with E-state index < -0.39 is 36.3 Å². The number of ether oxygens (including phenoxy) is 1. The maximum Gasteiger partial charge on any atom is 0.416 e. The number of halogens is 3. The number of carbonyl (C=O) groups is 2. The summed E-state index contributed by atoms with van der Waals surface area (Å²) < 4.78 is 42.6. The zero-order valence-electron chi connectivity index (χ0n) is 10.1. The molecular formula is C12H10F3NO4. The van der Waals surface area contributed by atoms with Gasteiger partial charge in [0.25, 0.3) is 5.91 Å². The van der Waals surface area contributed by atoms with Crippen molar-refractivity contribution in [2.75, 3.05) is 18.1 Å². The Labute approximate surface area is 111 Å². The largest absolute Gasteiger partial charge is 0.479 e. The van der Waals surface area contributed by atoms with Crippen molar-refractivity contribution >= 4 is 17.6 Å². The van der Waals surface area contributed by atoms with Crippen LogP contribution >= 0.6 is 0 Å². The topological polar surface area (TPSA) is 66.8 Å². The number of nitrogens with zero attached hydrogens (tertiary/aromatic N) is 1. The van der Waals surface area contributed by atoms with Crippen LogP contribution in [0.4, 0.5) is 18.9 Å². The van der Waals surface area contributed by atoms with Crippen molar-refractivity contribution in [3.05, 3.63) is 29.8 Å². The summed E-state index contributed by atoms with van der Waals surface area (Å²) in [7, 11) is 0. The number of anilines is 1. The molecular weight excluding hydrogens is 279 g/mol. The number of hydrogen-bond acceptors (Lipinski definition) is 3. The van der Waals surface area contributed by atoms with E-state index in [2.05, 4.69) is 0 Å². The quantitative estimate of drug-likeness (QED) is 0.896. The van der Waals surface area contributed by atoms with Crippen LogP contribution in [0, 0.1) is 0 Å². The molecule has 1 atom stereocenters. The number of morpholine rings is 1. The van der Waals surface area contributed by atoms with Crippen molar-refractivity contribution in [3.8, 4) is 0 Å². The van der Waals surface area contributed by atoms with Crippen LogP contribution < -0.4 is 4.90 Å². The fraction of sp³-hybridized carbons (Fsp3) is 0.333. The SMILES string of the molecule is O=C(O)C1CN(c2cccc(C(F)(F)F)c2)C(=O)CO1. The second kappa shape index (κ2) is 5.12. The lowest BCUT2D eigenvalue weighted by molar-refractivity contribution is -0.154. The van der Waals surface area contributed by atoms with Crippen LogP contribution in [-0.2, 0) is 20.5 Å². The molecule has 1 aromatic rings. The van der Waals surface area contributed by atoms with Crippen LogP contribution in [0.5, 0.6) is 0 Å². The van der Waals surface area contributed by atoms with Crippen LogP contribution in [0.15, 0.2) is 24.3 Å². The molecule has 0 radical (unpaired) electrons. The van der Waals surface area contributed by atoms with Crippen LogP contribution in [0.3, 0.4) is 0 Å². The van der Waals surface area contributed by atoms with Gasteiger partial charge in [-0.05, 0) is 18.2 Å². The van der Waals surface area contributed by atoms with Gasteiger partial charge < -0.3 is 14.7 Å². The van der Waals surface area contributed by atoms with Gasteiger partial charge in [0, 0.05) is 5.69 Å². The molecule has 1 aliphatic heterocycles. The fourth-order valence-electron chi connectivity index (χ4n) is 1.82. The van der Waals surface area contributed by atoms with Crippen molar-refractivity contribution in [1.29, 1.82) is 0 Å². The molecule has 0 aromatic heterocycles. The highest BCUT2D eigenvalue weighted by Crippen LogP contribution is 2.32. The Kier molecular flexibility index (Phi) is 3.67. The maximum absolute atomic E-state index is 12.6. The number of alkyl halides is 3. The van der Waals surface area contributed by atoms with E-state index >= 15 is 0 Å². The second-order valence-corrected chi connectivity index (χ2v) is 4.19. The molecule has 1 unspecified atom stereocenters. The third-order valence-corrected chi connectivity index (χ3v) is 2.82. The first-order chi connectivity index (χ1) is 9.29. The van der Waals surface area contributed by atoms with Gasteiger partial charge >= 0.3 is 12.1 Å². The lowest BCUT2D eigenvalue weighted by Crippen LogP contribution is -2.49. The number of hydrogen-bond donors (Lipinski definition) is 1. The number of carboxylic acid groups (broad SMARTS) is 1. The van der Waals surface area contributed by atoms with Gasteiger partial charge in [-0.15, -0.1) is 0 Å². The van der Waals surface area contributed by atoms with Crippen LogP contribution in [-0.4, -0.2) is 36.2 Å². The zero-order chi connectivity index (χ0) is 14.9. The molecule has 1 amide bonds. The first-order valence-electron chi connectivity index (χ1n) is 5.61. The average Bonchev–Trinajstić information content (AvgIpc) is 2.38. The third-order valence-electron chi connectivity index (χ3n) is 2.82. The van der Waals surface area contributed by atoms with E-state index in [1.165, 1.54) is 6.07 Å². The number of rotatable bonds is 2. The van der Waals surface area contributed by atoms with Crippen molar-refractivity contribution in [3.63, 3.8) is 0 Å². The van der Waals surface area contributed by atoms with E-state index in [1.54, 1.807) is 0 Å². The number of benzene rings is 1. The van der Waals surface area contributed by atoms with E-state index in [0.29, 0.717) is 0 Å². The number of carboxylic acids is 1. The van der Waals surface area contributed by atoms with Gasteiger partial charge in [0.1, 0.15) is 6.61 Å². The fourth-order valence-corrected chi connectivity index (χ4v) is 1.82. The van der Waals surface area contributed by atoms with Crippen molar-refractivity contribution in [2.24, 2.45) is 0 Å². The summed E-state index contributed by atoms with van der Waals surface area (Å²) in [6.07, 6.45) is -5.78. The molecule has 1 heterocycles. The first-order valence-corrected chi connectivity index (χ1v) is 5.61. The molecule has 0 saturated carbocycles. The standard InChI is InChI=1S/C12H10F3NO4/c13-12(14,15)7-2-1-3-8(4-7)16-5-9(11(18)19)20-6-10(16)17/h1-4,9H,5-6H2,(H,18,19). The molecule has 108 valence electrons. The normalized spacial score (nSPS) is 20.1. The highest BCUT2D eigenvalue weighted by atomic mass is 19.4. The highest BCUT2D eigenvalue weighted by Gasteiger charge is 2.34. The molecule has 0 aliphatic carbocycles. The van der Waals surface area contributed by atoms with E-state index in [9.17, 15) is 22.8 Å². The van der Waals surface area contributed by atoms with Gasteiger partial charge in [0.15, 0.2) is 6.10 Å². The highest BCUT2D eigenvalue weighted by molar-refractivity contribution is 5.96. The number of aliphatic carboxylic acids is 1. The van der Waals surface area contributed by atoms with Crippen molar-refractivity contribution in [1.82, 2.24) is 0 Å². The molecule has 1 aliphatic rings. The summed E-state index contributed by atoms with van der Waals surface area (Å²) >= 11 is 0. The van der Waals surface area contributed by atoms with Gasteiger partial charge in [-0.25, -0.2) is 4.79 Å². The average molecular weight is 289 g/mol. The predicted molar refractivity (Wildman–Crippen MR) is 61.2 cm³/mol. The smallest absolute Gasteiger partial charge is 0.416 e. The maximum atomic E-state index is 12.6. The number of carbonyl (C=O) groups excluding carboxylic acids is 1. The van der Waals surface area contributed by atoms with E-state index in [-0.39, 0.29) is 12.2 Å². The summed E-state index contributed by atoms with van der Waals surface area (Å²) in [6.45, 7) is -0.803. The third kappa shape index (κ3) is 2.90. The monoisotopic (exact) mass is 289 g/mol. The summed E-state index contributed by atoms with van der Waals surface area (Å²) in [5, 5.41) is 8.83. The first kappa shape index (κ1) is 14.3. The summed E-state index contributed by atoms with van der Waals surface area (Å²) in [5.74, 6) is -1.85. The minimum atomic E-state index is -4.53. The van der Waals surface area contributed by atoms with Gasteiger partial charge in [0.05, 0.1) is 12.1 Å².